The van der Waals surface area contributed by atoms with Crippen LogP contribution in [0, 0.1) is 6.07 Å². The van der Waals surface area contributed by atoms with Crippen LogP contribution in [0.25, 0.3) is 157 Å². The predicted molar refractivity (Wildman–Crippen MR) is 549 cm³/mol. The molecule has 0 saturated heterocycles. The first-order valence-corrected chi connectivity index (χ1v) is 71.4. The fourth-order valence-electron chi connectivity index (χ4n) is 15.9. The molecular formula is C116H111Cl4K2N4O2Pt2-. The van der Waals surface area contributed by atoms with Crippen molar-refractivity contribution in [1.82, 2.24) is 19.9 Å². The number of phenols is 2. The summed E-state index contributed by atoms with van der Waals surface area (Å²) in [7, 11) is 20.0. The van der Waals surface area contributed by atoms with Crippen molar-refractivity contribution in [2.75, 3.05) is 0 Å². The Kier molecular flexibility index (Phi) is 33.7. The Bertz CT molecular complexity index is 6070. The zero-order valence-corrected chi connectivity index (χ0v) is 91.9. The summed E-state index contributed by atoms with van der Waals surface area (Å²) in [5.74, 6) is 0.392. The molecule has 4 heterocycles. The third-order valence-electron chi connectivity index (χ3n) is 23.3. The van der Waals surface area contributed by atoms with Crippen LogP contribution in [0.5, 0.6) is 11.5 Å². The van der Waals surface area contributed by atoms with Crippen molar-refractivity contribution < 1.29 is 43.2 Å². The largest absolute Gasteiger partial charge is 0 e. The molecular weight excluding hydrogens is 2090 g/mol. The van der Waals surface area contributed by atoms with Crippen molar-refractivity contribution in [2.24, 2.45) is 0 Å². The fraction of sp³-hybridized carbons (Fsp3) is 0.207. The predicted octanol–water partition coefficient (Wildman–Crippen LogP) is 33.3. The summed E-state index contributed by atoms with van der Waals surface area (Å²) in [6.07, 6.45) is 3.85. The molecule has 14 heteroatoms. The maximum absolute atomic E-state index is 11.1. The number of halogens is 4. The van der Waals surface area contributed by atoms with Gasteiger partial charge in [0.2, 0.25) is 0 Å². The normalized spacial score (nSPS) is 12.0. The van der Waals surface area contributed by atoms with Gasteiger partial charge in [-0.15, -0.1) is 24.3 Å². The number of phenolic OH excluding ortho intramolecular Hbond substituents is 2. The van der Waals surface area contributed by atoms with Crippen LogP contribution < -0.4 is 0 Å². The van der Waals surface area contributed by atoms with Crippen LogP contribution in [0.4, 0.5) is 0 Å². The number of aromatic nitrogens is 4. The van der Waals surface area contributed by atoms with Gasteiger partial charge in [0.25, 0.3) is 0 Å². The van der Waals surface area contributed by atoms with Crippen LogP contribution in [-0.4, -0.2) is 93.3 Å². The topological polar surface area (TPSA) is 92.0 Å². The molecule has 0 atom stereocenters. The summed E-state index contributed by atoms with van der Waals surface area (Å²) in [6, 6.07) is 117. The van der Waals surface area contributed by atoms with Gasteiger partial charge in [-0.2, -0.15) is 0 Å². The number of rotatable bonds is 14. The average molecular weight is 2200 g/mol. The second kappa shape index (κ2) is 43.1. The van der Waals surface area contributed by atoms with Crippen LogP contribution in [0.1, 0.15) is 158 Å². The molecule has 0 aliphatic heterocycles. The van der Waals surface area contributed by atoms with Crippen LogP contribution in [0.2, 0.25) is 0 Å². The molecule has 658 valence electrons. The Morgan fingerprint density at radius 3 is 0.838 bits per heavy atom. The number of hydrogen-bond acceptors (Lipinski definition) is 6. The molecule has 2 N–H and O–H groups in total. The molecule has 12 aromatic carbocycles. The van der Waals surface area contributed by atoms with Gasteiger partial charge < -0.3 is 10.2 Å². The van der Waals surface area contributed by atoms with E-state index in [0.29, 0.717) is 16.8 Å². The molecule has 0 bridgehead atoms. The Hall–Kier alpha value is -7.35. The monoisotopic (exact) mass is 2200 g/mol. The van der Waals surface area contributed by atoms with Crippen molar-refractivity contribution in [3.8, 4) is 168 Å². The minimum absolute atomic E-state index is 0. The first kappa shape index (κ1) is 102. The minimum Gasteiger partial charge on any atom is 0 e. The van der Waals surface area contributed by atoms with Crippen LogP contribution >= 0.6 is 37.7 Å². The van der Waals surface area contributed by atoms with Crippen LogP contribution in [-0.2, 0) is 65.5 Å². The molecule has 0 saturated carbocycles. The van der Waals surface area contributed by atoms with Gasteiger partial charge in [0.05, 0.1) is 22.8 Å². The molecule has 0 spiro atoms. The molecule has 130 heavy (non-hydrogen) atoms. The SMILES string of the molecule is CC(C)(C)c1cc(-c2cc(-c3[c-]c(-c4cc(-c5c(-c6ccccc6)cc(C(C)(C)C)cc5-c5ccccc5)ccn4)ccc3)nc(-c3ccccc3O)c2)cc(C(C)(C)C)c1.CC(C)(C)c1cc(-c2cc(-c3cccc(-c4cc(-c5c(-c6ccccc6)cc(C(C)(C)C)cc5-c5ccccc5)ccn4)c3)nc(-c3ccccc3O)c2)cc(C(C)(C)C)c1.[Cl][Pt]([Cl])([Cl])[Cl].[K][K].[Pt]. The maximum Gasteiger partial charge on any atom is 0 e. The minimum atomic E-state index is -3.06. The zero-order chi connectivity index (χ0) is 92.7. The first-order valence-electron chi connectivity index (χ1n) is 44.1. The van der Waals surface area contributed by atoms with E-state index >= 15 is 0 Å². The van der Waals surface area contributed by atoms with E-state index in [2.05, 4.69) is 404 Å². The Morgan fingerprint density at radius 2 is 0.492 bits per heavy atom. The summed E-state index contributed by atoms with van der Waals surface area (Å²) in [5.41, 5.74) is 35.4. The first-order chi connectivity index (χ1) is 61.0. The molecule has 16 rings (SSSR count). The number of aromatic hydroxyl groups is 2. The van der Waals surface area contributed by atoms with Gasteiger partial charge in [-0.3, -0.25) is 15.0 Å². The van der Waals surface area contributed by atoms with E-state index in [1.165, 1.54) is 152 Å². The number of para-hydroxylation sites is 2. The van der Waals surface area contributed by atoms with E-state index < -0.39 is 11.9 Å². The van der Waals surface area contributed by atoms with Crippen molar-refractivity contribution in [2.45, 2.75) is 157 Å². The van der Waals surface area contributed by atoms with Crippen LogP contribution in [0.15, 0.2) is 334 Å². The fourth-order valence-corrected chi connectivity index (χ4v) is 15.9. The molecule has 0 radical (unpaired) electrons. The molecule has 16 aromatic rings. The van der Waals surface area contributed by atoms with Crippen molar-refractivity contribution >= 4 is 101 Å². The standard InChI is InChI=1S/C58H56N2O.C58H55N2O.4ClH.2K.2Pt/c2*1-56(2,3)45-30-43(31-46(35-45)57(4,5)6)44-33-52(60-53(34-44)48-25-16-17-26-54(48)61)41-24-18-23-40(29-41)51-32-42(27-28-59-51)55-49(38-19-12-10-13-20-38)36-47(58(7,8)9)37-50(55)39-21-14-11-15-22-39;;;;;;;;/h10-37,61H,1-9H3;10-28,30-37,61H,1-9H3;4*1H;;;;/q;-1;;;;;;;;+4/p-4. The van der Waals surface area contributed by atoms with Crippen molar-refractivity contribution in [3.63, 3.8) is 0 Å². The molecule has 0 aliphatic rings. The smallest absolute Gasteiger partial charge is 0 e. The van der Waals surface area contributed by atoms with Gasteiger partial charge in [0.1, 0.15) is 11.5 Å². The summed E-state index contributed by atoms with van der Waals surface area (Å²) in [4.78, 5) is 20.4. The Morgan fingerprint density at radius 1 is 0.238 bits per heavy atom. The van der Waals surface area contributed by atoms with Gasteiger partial charge >= 0.3 is 113 Å². The number of pyridine rings is 4. The quantitative estimate of drug-likeness (QED) is 0.0833. The number of hydrogen-bond donors (Lipinski definition) is 2. The van der Waals surface area contributed by atoms with E-state index in [-0.39, 0.29) is 65.1 Å². The van der Waals surface area contributed by atoms with E-state index in [0.717, 1.165) is 84.1 Å². The second-order valence-electron chi connectivity index (χ2n) is 38.9. The molecule has 6 nitrogen and oxygen atoms in total. The third-order valence-corrected chi connectivity index (χ3v) is 23.3. The molecule has 4 aromatic heterocycles. The molecule has 0 aliphatic carbocycles. The van der Waals surface area contributed by atoms with E-state index in [9.17, 15) is 10.2 Å². The second-order valence-corrected chi connectivity index (χ2v) is 58.6. The van der Waals surface area contributed by atoms with Gasteiger partial charge in [0.15, 0.2) is 0 Å². The summed E-state index contributed by atoms with van der Waals surface area (Å²) in [5, 5.41) is 22.2. The summed E-state index contributed by atoms with van der Waals surface area (Å²) < 4.78 is 0. The van der Waals surface area contributed by atoms with E-state index in [1.54, 1.807) is 12.1 Å². The third kappa shape index (κ3) is 25.8. The Labute approximate surface area is 850 Å². The van der Waals surface area contributed by atoms with Gasteiger partial charge in [-0.05, 0) is 246 Å². The summed E-state index contributed by atoms with van der Waals surface area (Å²) in [6.45, 7) is 40.9. The maximum atomic E-state index is 11.1. The van der Waals surface area contributed by atoms with Crippen molar-refractivity contribution in [1.29, 1.82) is 0 Å². The van der Waals surface area contributed by atoms with Gasteiger partial charge in [-0.25, -0.2) is 4.98 Å². The van der Waals surface area contributed by atoms with Gasteiger partial charge in [0, 0.05) is 67.1 Å². The zero-order valence-electron chi connectivity index (χ0n) is 78.1. The molecule has 0 amide bonds. The number of benzene rings is 12. The molecule has 0 unspecified atom stereocenters. The van der Waals surface area contributed by atoms with Crippen LogP contribution in [0.3, 0.4) is 0 Å². The molecule has 0 fully saturated rings. The van der Waals surface area contributed by atoms with E-state index in [4.69, 9.17) is 57.6 Å². The van der Waals surface area contributed by atoms with Crippen molar-refractivity contribution in [3.05, 3.63) is 373 Å². The summed E-state index contributed by atoms with van der Waals surface area (Å²) >= 11 is -0.556. The van der Waals surface area contributed by atoms with Gasteiger partial charge in [-0.1, -0.05) is 348 Å². The average Bonchev–Trinajstić information content (AvgIpc) is 0.753. The number of nitrogens with zero attached hydrogens (tertiary/aromatic N) is 4. The Balaban J connectivity index is 0.000000218. The van der Waals surface area contributed by atoms with E-state index in [1.807, 2.05) is 48.8 Å².